The summed E-state index contributed by atoms with van der Waals surface area (Å²) in [6.45, 7) is 1.47. The summed E-state index contributed by atoms with van der Waals surface area (Å²) in [6, 6.07) is 18.1. The van der Waals surface area contributed by atoms with Gasteiger partial charge in [0.1, 0.15) is 0 Å². The molecule has 0 aliphatic rings. The van der Waals surface area contributed by atoms with E-state index in [0.717, 1.165) is 28.5 Å². The molecule has 3 nitrogen and oxygen atoms in total. The zero-order valence-electron chi connectivity index (χ0n) is 12.4. The van der Waals surface area contributed by atoms with Crippen molar-refractivity contribution < 1.29 is 14.7 Å². The van der Waals surface area contributed by atoms with Gasteiger partial charge in [-0.1, -0.05) is 66.4 Å². The molecule has 0 aromatic heterocycles. The second-order valence-electron chi connectivity index (χ2n) is 5.10. The SMILES string of the molecule is CC(=O)SC(CC(=O)O)Cc1ccc(-c2ccccc2)cc1. The Hall–Kier alpha value is -2.07. The highest BCUT2D eigenvalue weighted by molar-refractivity contribution is 8.14. The van der Waals surface area contributed by atoms with Crippen molar-refractivity contribution in [3.8, 4) is 11.1 Å². The summed E-state index contributed by atoms with van der Waals surface area (Å²) < 4.78 is 0. The lowest BCUT2D eigenvalue weighted by atomic mass is 10.0. The lowest BCUT2D eigenvalue weighted by Crippen LogP contribution is -2.14. The van der Waals surface area contributed by atoms with E-state index >= 15 is 0 Å². The number of rotatable bonds is 6. The van der Waals surface area contributed by atoms with Gasteiger partial charge in [-0.25, -0.2) is 0 Å². The summed E-state index contributed by atoms with van der Waals surface area (Å²) in [7, 11) is 0. The number of carboxylic acid groups (broad SMARTS) is 1. The maximum atomic E-state index is 11.2. The molecule has 114 valence electrons. The minimum atomic E-state index is -0.875. The van der Waals surface area contributed by atoms with Crippen molar-refractivity contribution in [1.29, 1.82) is 0 Å². The molecule has 1 N–H and O–H groups in total. The van der Waals surface area contributed by atoms with Gasteiger partial charge in [-0.05, 0) is 23.1 Å². The molecule has 0 heterocycles. The summed E-state index contributed by atoms with van der Waals surface area (Å²) in [6.07, 6.45) is 0.566. The predicted molar refractivity (Wildman–Crippen MR) is 89.9 cm³/mol. The molecule has 0 aliphatic carbocycles. The van der Waals surface area contributed by atoms with E-state index in [9.17, 15) is 9.59 Å². The van der Waals surface area contributed by atoms with E-state index in [1.807, 2.05) is 54.6 Å². The molecule has 0 fully saturated rings. The Bertz CT molecular complexity index is 619. The third kappa shape index (κ3) is 5.04. The smallest absolute Gasteiger partial charge is 0.304 e. The third-order valence-corrected chi connectivity index (χ3v) is 4.26. The Balaban J connectivity index is 2.08. The predicted octanol–water partition coefficient (Wildman–Crippen LogP) is 4.02. The first-order chi connectivity index (χ1) is 10.5. The number of aliphatic carboxylic acids is 1. The van der Waals surface area contributed by atoms with Crippen molar-refractivity contribution in [2.45, 2.75) is 25.0 Å². The minimum absolute atomic E-state index is 0.00924. The molecule has 0 radical (unpaired) electrons. The molecule has 0 spiro atoms. The Kier molecular flexibility index (Phi) is 5.78. The van der Waals surface area contributed by atoms with E-state index in [-0.39, 0.29) is 16.8 Å². The molecule has 2 aromatic carbocycles. The summed E-state index contributed by atoms with van der Waals surface area (Å²) in [5.74, 6) is -0.875. The van der Waals surface area contributed by atoms with E-state index in [4.69, 9.17) is 5.11 Å². The summed E-state index contributed by atoms with van der Waals surface area (Å²) >= 11 is 1.10. The third-order valence-electron chi connectivity index (χ3n) is 3.26. The summed E-state index contributed by atoms with van der Waals surface area (Å²) in [4.78, 5) is 22.1. The molecule has 0 bridgehead atoms. The fourth-order valence-electron chi connectivity index (χ4n) is 2.31. The van der Waals surface area contributed by atoms with Gasteiger partial charge in [0.15, 0.2) is 5.12 Å². The number of carbonyl (C=O) groups excluding carboxylic acids is 1. The number of hydrogen-bond acceptors (Lipinski definition) is 3. The second-order valence-corrected chi connectivity index (χ2v) is 6.57. The molecule has 0 amide bonds. The quantitative estimate of drug-likeness (QED) is 0.875. The van der Waals surface area contributed by atoms with E-state index in [2.05, 4.69) is 0 Å². The first-order valence-corrected chi connectivity index (χ1v) is 7.96. The first-order valence-electron chi connectivity index (χ1n) is 7.08. The average Bonchev–Trinajstić information content (AvgIpc) is 2.47. The van der Waals surface area contributed by atoms with Gasteiger partial charge in [0.05, 0.1) is 6.42 Å². The normalized spacial score (nSPS) is 11.9. The number of thioether (sulfide) groups is 1. The zero-order valence-corrected chi connectivity index (χ0v) is 13.2. The molecule has 4 heteroatoms. The molecule has 2 aromatic rings. The standard InChI is InChI=1S/C18H18O3S/c1-13(19)22-17(12-18(20)21)11-14-7-9-16(10-8-14)15-5-3-2-4-6-15/h2-10,17H,11-12H2,1H3,(H,20,21). The highest BCUT2D eigenvalue weighted by Crippen LogP contribution is 2.23. The molecule has 0 aliphatic heterocycles. The van der Waals surface area contributed by atoms with Crippen LogP contribution in [0.4, 0.5) is 0 Å². The van der Waals surface area contributed by atoms with Crippen molar-refractivity contribution >= 4 is 22.8 Å². The first kappa shape index (κ1) is 16.3. The van der Waals surface area contributed by atoms with Crippen LogP contribution in [0.1, 0.15) is 18.9 Å². The van der Waals surface area contributed by atoms with Gasteiger partial charge in [-0.3, -0.25) is 9.59 Å². The zero-order chi connectivity index (χ0) is 15.9. The highest BCUT2D eigenvalue weighted by atomic mass is 32.2. The monoisotopic (exact) mass is 314 g/mol. The Morgan fingerprint density at radius 3 is 2.14 bits per heavy atom. The maximum Gasteiger partial charge on any atom is 0.304 e. The van der Waals surface area contributed by atoms with Crippen molar-refractivity contribution in [2.24, 2.45) is 0 Å². The molecule has 2 rings (SSSR count). The van der Waals surface area contributed by atoms with Gasteiger partial charge in [0, 0.05) is 12.2 Å². The molecule has 1 atom stereocenters. The maximum absolute atomic E-state index is 11.2. The van der Waals surface area contributed by atoms with E-state index in [1.165, 1.54) is 6.92 Å². The number of carboxylic acids is 1. The summed E-state index contributed by atoms with van der Waals surface area (Å²) in [5, 5.41) is 8.67. The van der Waals surface area contributed by atoms with Crippen molar-refractivity contribution in [3.05, 3.63) is 60.2 Å². The lowest BCUT2D eigenvalue weighted by molar-refractivity contribution is -0.136. The van der Waals surface area contributed by atoms with Gasteiger partial charge in [0.25, 0.3) is 0 Å². The second kappa shape index (κ2) is 7.80. The van der Waals surface area contributed by atoms with Crippen LogP contribution in [-0.2, 0) is 16.0 Å². The van der Waals surface area contributed by atoms with E-state index < -0.39 is 5.97 Å². The fourth-order valence-corrected chi connectivity index (χ4v) is 3.28. The van der Waals surface area contributed by atoms with Gasteiger partial charge < -0.3 is 5.11 Å². The molecule has 0 saturated heterocycles. The number of benzene rings is 2. The Morgan fingerprint density at radius 1 is 1.00 bits per heavy atom. The molecule has 22 heavy (non-hydrogen) atoms. The van der Waals surface area contributed by atoms with Crippen LogP contribution < -0.4 is 0 Å². The molecule has 0 saturated carbocycles. The Morgan fingerprint density at radius 2 is 1.59 bits per heavy atom. The Labute approximate surface area is 134 Å². The van der Waals surface area contributed by atoms with Gasteiger partial charge in [-0.15, -0.1) is 0 Å². The lowest BCUT2D eigenvalue weighted by Gasteiger charge is -2.13. The van der Waals surface area contributed by atoms with Crippen molar-refractivity contribution in [3.63, 3.8) is 0 Å². The van der Waals surface area contributed by atoms with Crippen molar-refractivity contribution in [1.82, 2.24) is 0 Å². The topological polar surface area (TPSA) is 54.4 Å². The highest BCUT2D eigenvalue weighted by Gasteiger charge is 2.16. The molecular formula is C18H18O3S. The largest absolute Gasteiger partial charge is 0.481 e. The van der Waals surface area contributed by atoms with Crippen LogP contribution in [-0.4, -0.2) is 21.4 Å². The van der Waals surface area contributed by atoms with Crippen LogP contribution in [0.15, 0.2) is 54.6 Å². The van der Waals surface area contributed by atoms with E-state index in [0.29, 0.717) is 6.42 Å². The molecule has 1 unspecified atom stereocenters. The number of carbonyl (C=O) groups is 2. The van der Waals surface area contributed by atoms with E-state index in [1.54, 1.807) is 0 Å². The summed E-state index contributed by atoms with van der Waals surface area (Å²) in [5.41, 5.74) is 3.31. The molecular weight excluding hydrogens is 296 g/mol. The van der Waals surface area contributed by atoms with Gasteiger partial charge >= 0.3 is 5.97 Å². The fraction of sp³-hybridized carbons (Fsp3) is 0.222. The average molecular weight is 314 g/mol. The van der Waals surface area contributed by atoms with Crippen LogP contribution in [0.5, 0.6) is 0 Å². The number of hydrogen-bond donors (Lipinski definition) is 1. The van der Waals surface area contributed by atoms with Gasteiger partial charge in [-0.2, -0.15) is 0 Å². The van der Waals surface area contributed by atoms with Gasteiger partial charge in [0.2, 0.25) is 0 Å². The van der Waals surface area contributed by atoms with Crippen LogP contribution in [0.3, 0.4) is 0 Å². The minimum Gasteiger partial charge on any atom is -0.481 e. The van der Waals surface area contributed by atoms with Crippen LogP contribution in [0, 0.1) is 0 Å². The van der Waals surface area contributed by atoms with Crippen LogP contribution in [0.2, 0.25) is 0 Å². The van der Waals surface area contributed by atoms with Crippen LogP contribution >= 0.6 is 11.8 Å². The van der Waals surface area contributed by atoms with Crippen LogP contribution in [0.25, 0.3) is 11.1 Å². The van der Waals surface area contributed by atoms with Crippen molar-refractivity contribution in [2.75, 3.05) is 0 Å².